The van der Waals surface area contributed by atoms with E-state index in [1.807, 2.05) is 79.9 Å². The van der Waals surface area contributed by atoms with Crippen LogP contribution < -0.4 is 19.5 Å². The summed E-state index contributed by atoms with van der Waals surface area (Å²) in [4.78, 5) is 4.57. The number of nitrogens with zero attached hydrogens (tertiary/aromatic N) is 3. The van der Waals surface area contributed by atoms with Crippen molar-refractivity contribution in [2.24, 2.45) is 0 Å². The van der Waals surface area contributed by atoms with Gasteiger partial charge < -0.3 is 19.5 Å². The maximum Gasteiger partial charge on any atom is 0.247 e. The number of para-hydroxylation sites is 1. The van der Waals surface area contributed by atoms with Crippen molar-refractivity contribution in [3.63, 3.8) is 0 Å². The monoisotopic (exact) mass is 506 g/mol. The molecule has 7 nitrogen and oxygen atoms in total. The highest BCUT2D eigenvalue weighted by atomic mass is 35.5. The normalized spacial score (nSPS) is 14.1. The summed E-state index contributed by atoms with van der Waals surface area (Å²) in [5.41, 5.74) is 4.08. The minimum absolute atomic E-state index is 0.374. The Morgan fingerprint density at radius 3 is 2.63 bits per heavy atom. The number of nitrogens with one attached hydrogen (secondary N) is 1. The summed E-state index contributed by atoms with van der Waals surface area (Å²) in [5, 5.41) is 13.0. The van der Waals surface area contributed by atoms with Gasteiger partial charge in [0.05, 0.1) is 11.6 Å². The minimum Gasteiger partial charge on any atom is -0.490 e. The number of hydrogen-bond acceptors (Lipinski definition) is 8. The lowest BCUT2D eigenvalue weighted by Crippen LogP contribution is -2.17. The van der Waals surface area contributed by atoms with Crippen LogP contribution >= 0.6 is 23.4 Å². The highest BCUT2D eigenvalue weighted by molar-refractivity contribution is 7.98. The number of aromatic nitrogens is 3. The van der Waals surface area contributed by atoms with Crippen molar-refractivity contribution in [1.29, 1.82) is 0 Å². The second-order valence-corrected chi connectivity index (χ2v) is 8.86. The van der Waals surface area contributed by atoms with Gasteiger partial charge >= 0.3 is 0 Å². The lowest BCUT2D eigenvalue weighted by molar-refractivity contribution is 0.223. The van der Waals surface area contributed by atoms with E-state index in [-0.39, 0.29) is 0 Å². The summed E-state index contributed by atoms with van der Waals surface area (Å²) in [6, 6.07) is 21.4. The van der Waals surface area contributed by atoms with Crippen molar-refractivity contribution >= 4 is 29.1 Å². The molecule has 1 N–H and O–H groups in total. The largest absolute Gasteiger partial charge is 0.490 e. The fourth-order valence-electron chi connectivity index (χ4n) is 3.76. The molecule has 1 aliphatic rings. The van der Waals surface area contributed by atoms with Crippen molar-refractivity contribution in [1.82, 2.24) is 15.2 Å². The molecular weight excluding hydrogens is 484 g/mol. The van der Waals surface area contributed by atoms with Gasteiger partial charge in [-0.05, 0) is 36.9 Å². The average Bonchev–Trinajstić information content (AvgIpc) is 3.05. The van der Waals surface area contributed by atoms with Crippen molar-refractivity contribution in [3.05, 3.63) is 82.9 Å². The number of thioether (sulfide) groups is 1. The number of fused-ring (bicyclic) bond motifs is 3. The van der Waals surface area contributed by atoms with E-state index < -0.39 is 6.23 Å². The first-order valence-corrected chi connectivity index (χ1v) is 12.7. The summed E-state index contributed by atoms with van der Waals surface area (Å²) >= 11 is 8.12. The standard InChI is InChI=1S/C26H23ClN4O3S/c1-3-32-21-14-17(13-19(27)23(21)33-15-16-9-5-4-6-10-16)24-28-20-12-8-7-11-18(20)22-25(34-24)29-26(35-2)31-30-22/h4-14,24,28H,3,15H2,1-2H3. The summed E-state index contributed by atoms with van der Waals surface area (Å²) in [5.74, 6) is 1.43. The lowest BCUT2D eigenvalue weighted by atomic mass is 10.1. The molecule has 0 saturated carbocycles. The highest BCUT2D eigenvalue weighted by Crippen LogP contribution is 2.43. The molecule has 1 atom stereocenters. The highest BCUT2D eigenvalue weighted by Gasteiger charge is 2.27. The fourth-order valence-corrected chi connectivity index (χ4v) is 4.33. The Hall–Kier alpha value is -3.49. The summed E-state index contributed by atoms with van der Waals surface area (Å²) < 4.78 is 18.3. The van der Waals surface area contributed by atoms with E-state index in [0.29, 0.717) is 46.5 Å². The number of benzene rings is 3. The first-order chi connectivity index (χ1) is 17.2. The first kappa shape index (κ1) is 23.3. The molecule has 0 amide bonds. The van der Waals surface area contributed by atoms with Gasteiger partial charge in [0.2, 0.25) is 11.0 Å². The molecule has 2 heterocycles. The smallest absolute Gasteiger partial charge is 0.247 e. The Labute approximate surface area is 212 Å². The van der Waals surface area contributed by atoms with Crippen LogP contribution in [0.15, 0.2) is 71.9 Å². The van der Waals surface area contributed by atoms with Crippen molar-refractivity contribution in [2.45, 2.75) is 24.9 Å². The maximum atomic E-state index is 6.72. The van der Waals surface area contributed by atoms with Gasteiger partial charge in [0.15, 0.2) is 23.4 Å². The van der Waals surface area contributed by atoms with Gasteiger partial charge in [-0.2, -0.15) is 4.98 Å². The topological polar surface area (TPSA) is 78.4 Å². The van der Waals surface area contributed by atoms with Crippen LogP contribution in [0.2, 0.25) is 5.02 Å². The molecule has 4 aromatic rings. The van der Waals surface area contributed by atoms with Crippen LogP contribution in [0.1, 0.15) is 24.3 Å². The van der Waals surface area contributed by atoms with Crippen LogP contribution in [0.4, 0.5) is 5.69 Å². The molecule has 178 valence electrons. The van der Waals surface area contributed by atoms with Gasteiger partial charge in [-0.3, -0.25) is 0 Å². The number of ether oxygens (including phenoxy) is 3. The number of anilines is 1. The number of hydrogen-bond donors (Lipinski definition) is 1. The average molecular weight is 507 g/mol. The Balaban J connectivity index is 1.52. The Bertz CT molecular complexity index is 1340. The van der Waals surface area contributed by atoms with E-state index in [9.17, 15) is 0 Å². The molecule has 3 aromatic carbocycles. The summed E-state index contributed by atoms with van der Waals surface area (Å²) in [7, 11) is 0. The van der Waals surface area contributed by atoms with Crippen molar-refractivity contribution < 1.29 is 14.2 Å². The third kappa shape index (κ3) is 4.99. The van der Waals surface area contributed by atoms with E-state index in [1.54, 1.807) is 0 Å². The van der Waals surface area contributed by atoms with E-state index >= 15 is 0 Å². The Morgan fingerprint density at radius 1 is 1.03 bits per heavy atom. The molecule has 35 heavy (non-hydrogen) atoms. The van der Waals surface area contributed by atoms with Gasteiger partial charge in [0.1, 0.15) is 6.61 Å². The van der Waals surface area contributed by atoms with Crippen molar-refractivity contribution in [2.75, 3.05) is 18.2 Å². The van der Waals surface area contributed by atoms with E-state index in [4.69, 9.17) is 25.8 Å². The number of rotatable bonds is 7. The minimum atomic E-state index is -0.594. The predicted molar refractivity (Wildman–Crippen MR) is 137 cm³/mol. The zero-order valence-electron chi connectivity index (χ0n) is 19.2. The molecule has 0 aliphatic carbocycles. The van der Waals surface area contributed by atoms with Crippen LogP contribution in [0.5, 0.6) is 17.4 Å². The Kier molecular flexibility index (Phi) is 6.92. The van der Waals surface area contributed by atoms with Crippen LogP contribution in [0.3, 0.4) is 0 Å². The number of halogens is 1. The van der Waals surface area contributed by atoms with Gasteiger partial charge in [-0.1, -0.05) is 71.9 Å². The van der Waals surface area contributed by atoms with Gasteiger partial charge in [0.25, 0.3) is 0 Å². The third-order valence-electron chi connectivity index (χ3n) is 5.38. The first-order valence-electron chi connectivity index (χ1n) is 11.1. The van der Waals surface area contributed by atoms with Crippen LogP contribution in [-0.4, -0.2) is 28.0 Å². The third-order valence-corrected chi connectivity index (χ3v) is 6.20. The lowest BCUT2D eigenvalue weighted by Gasteiger charge is -2.22. The molecule has 1 unspecified atom stereocenters. The van der Waals surface area contributed by atoms with E-state index in [0.717, 1.165) is 22.4 Å². The summed E-state index contributed by atoms with van der Waals surface area (Å²) in [6.07, 6.45) is 1.30. The van der Waals surface area contributed by atoms with Gasteiger partial charge in [0, 0.05) is 16.8 Å². The SMILES string of the molecule is CCOc1cc(C2Nc3ccccc3-c3nnc(SC)nc3O2)cc(Cl)c1OCc1ccccc1. The van der Waals surface area contributed by atoms with Gasteiger partial charge in [-0.15, -0.1) is 10.2 Å². The molecule has 0 saturated heterocycles. The van der Waals surface area contributed by atoms with Gasteiger partial charge in [-0.25, -0.2) is 0 Å². The van der Waals surface area contributed by atoms with E-state index in [2.05, 4.69) is 20.5 Å². The Morgan fingerprint density at radius 2 is 1.83 bits per heavy atom. The molecule has 0 bridgehead atoms. The molecular formula is C26H23ClN4O3S. The van der Waals surface area contributed by atoms with Crippen LogP contribution in [0.25, 0.3) is 11.3 Å². The molecule has 1 aromatic heterocycles. The second kappa shape index (κ2) is 10.4. The zero-order valence-corrected chi connectivity index (χ0v) is 20.8. The quantitative estimate of drug-likeness (QED) is 0.289. The van der Waals surface area contributed by atoms with Crippen molar-refractivity contribution in [3.8, 4) is 28.6 Å². The van der Waals surface area contributed by atoms with Crippen LogP contribution in [-0.2, 0) is 6.61 Å². The molecule has 0 spiro atoms. The second-order valence-electron chi connectivity index (χ2n) is 7.68. The van der Waals surface area contributed by atoms with Crippen LogP contribution in [0, 0.1) is 0 Å². The molecule has 9 heteroatoms. The summed E-state index contributed by atoms with van der Waals surface area (Å²) in [6.45, 7) is 2.75. The molecule has 0 radical (unpaired) electrons. The molecule has 0 fully saturated rings. The zero-order chi connectivity index (χ0) is 24.2. The predicted octanol–water partition coefficient (Wildman–Crippen LogP) is 6.39. The molecule has 5 rings (SSSR count). The maximum absolute atomic E-state index is 6.72. The fraction of sp³-hybridized carbons (Fsp3) is 0.192. The molecule has 1 aliphatic heterocycles. The van der Waals surface area contributed by atoms with E-state index in [1.165, 1.54) is 11.8 Å².